The summed E-state index contributed by atoms with van der Waals surface area (Å²) in [5.74, 6) is 0.246. The number of hydrogen-bond donors (Lipinski definition) is 2. The second-order valence-electron chi connectivity index (χ2n) is 7.81. The Morgan fingerprint density at radius 2 is 2.00 bits per heavy atom. The Labute approximate surface area is 161 Å². The summed E-state index contributed by atoms with van der Waals surface area (Å²) < 4.78 is 38.9. The van der Waals surface area contributed by atoms with Crippen LogP contribution in [0.5, 0.6) is 0 Å². The van der Waals surface area contributed by atoms with Crippen LogP contribution in [-0.4, -0.2) is 32.2 Å². The highest BCUT2D eigenvalue weighted by Crippen LogP contribution is 2.43. The maximum Gasteiger partial charge on any atom is 0.416 e. The molecule has 4 nitrogen and oxygen atoms in total. The highest BCUT2D eigenvalue weighted by Gasteiger charge is 2.45. The average Bonchev–Trinajstić information content (AvgIpc) is 2.94. The van der Waals surface area contributed by atoms with Crippen molar-refractivity contribution >= 4 is 17.4 Å². The van der Waals surface area contributed by atoms with Crippen molar-refractivity contribution in [1.29, 1.82) is 0 Å². The van der Waals surface area contributed by atoms with Crippen molar-refractivity contribution in [1.82, 2.24) is 0 Å². The number of amides is 2. The normalized spacial score (nSPS) is 23.9. The van der Waals surface area contributed by atoms with Crippen molar-refractivity contribution in [2.24, 2.45) is 0 Å². The largest absolute Gasteiger partial charge is 0.416 e. The van der Waals surface area contributed by atoms with E-state index in [1.54, 1.807) is 4.90 Å². The molecule has 2 N–H and O–H groups in total. The number of anilines is 2. The molecular weight excluding hydrogens is 367 g/mol. The molecule has 2 aliphatic rings. The quantitative estimate of drug-likeness (QED) is 0.769. The molecule has 7 heteroatoms. The van der Waals surface area contributed by atoms with E-state index < -0.39 is 11.7 Å². The number of quaternary nitrogens is 1. The molecule has 148 valence electrons. The van der Waals surface area contributed by atoms with Gasteiger partial charge in [-0.2, -0.15) is 13.2 Å². The number of carbonyl (C=O) groups is 1. The van der Waals surface area contributed by atoms with Crippen LogP contribution in [0, 0.1) is 6.92 Å². The zero-order valence-corrected chi connectivity index (χ0v) is 15.8. The van der Waals surface area contributed by atoms with Crippen LogP contribution in [0.4, 0.5) is 29.3 Å². The van der Waals surface area contributed by atoms with Gasteiger partial charge < -0.3 is 10.2 Å². The molecular formula is C21H23F3N3O+. The standard InChI is InChI=1S/C21H22F3N3O/c1-13-6-7-18-16(10-13)17-12-26(2)9-8-19(17)27(18)20(28)25-15-5-3-4-14(11-15)21(22,23)24/h3-7,10-11,17,19H,8-9,12H2,1-2H3,(H,25,28)/p+1/t17-,19+/m0/s1. The molecule has 0 spiro atoms. The first-order valence-corrected chi connectivity index (χ1v) is 9.43. The predicted octanol–water partition coefficient (Wildman–Crippen LogP) is 3.44. The minimum absolute atomic E-state index is 0.0336. The van der Waals surface area contributed by atoms with E-state index in [2.05, 4.69) is 18.4 Å². The Bertz CT molecular complexity index is 912. The summed E-state index contributed by atoms with van der Waals surface area (Å²) in [5, 5.41) is 2.68. The number of urea groups is 1. The molecule has 0 aromatic heterocycles. The molecule has 4 rings (SSSR count). The molecule has 1 unspecified atom stereocenters. The lowest BCUT2D eigenvalue weighted by molar-refractivity contribution is -0.886. The number of likely N-dealkylation sites (tertiary alicyclic amines) is 1. The van der Waals surface area contributed by atoms with Gasteiger partial charge in [-0.1, -0.05) is 23.8 Å². The number of carbonyl (C=O) groups excluding carboxylic acids is 1. The molecule has 2 aromatic carbocycles. The molecule has 2 aliphatic heterocycles. The first-order chi connectivity index (χ1) is 13.2. The monoisotopic (exact) mass is 390 g/mol. The number of nitrogens with one attached hydrogen (secondary N) is 2. The van der Waals surface area contributed by atoms with Crippen molar-refractivity contribution in [2.45, 2.75) is 31.5 Å². The van der Waals surface area contributed by atoms with Crippen molar-refractivity contribution in [3.8, 4) is 0 Å². The fourth-order valence-electron chi connectivity index (χ4n) is 4.42. The third kappa shape index (κ3) is 3.35. The number of aryl methyl sites for hydroxylation is 1. The van der Waals surface area contributed by atoms with Gasteiger partial charge in [0.25, 0.3) is 0 Å². The average molecular weight is 390 g/mol. The lowest BCUT2D eigenvalue weighted by Crippen LogP contribution is -3.11. The molecule has 28 heavy (non-hydrogen) atoms. The van der Waals surface area contributed by atoms with Crippen LogP contribution in [-0.2, 0) is 6.18 Å². The van der Waals surface area contributed by atoms with Gasteiger partial charge in [0.1, 0.15) is 0 Å². The van der Waals surface area contributed by atoms with E-state index in [-0.39, 0.29) is 23.7 Å². The van der Waals surface area contributed by atoms with Gasteiger partial charge in [-0.15, -0.1) is 0 Å². The van der Waals surface area contributed by atoms with Crippen LogP contribution < -0.4 is 15.1 Å². The number of piperidine rings is 1. The molecule has 2 amide bonds. The maximum absolute atomic E-state index is 13.1. The third-order valence-electron chi connectivity index (χ3n) is 5.73. The molecule has 2 heterocycles. The van der Waals surface area contributed by atoms with Gasteiger partial charge in [-0.3, -0.25) is 4.90 Å². The fraction of sp³-hybridized carbons (Fsp3) is 0.381. The Hall–Kier alpha value is -2.54. The van der Waals surface area contributed by atoms with Gasteiger partial charge in [0.15, 0.2) is 0 Å². The Morgan fingerprint density at radius 1 is 1.21 bits per heavy atom. The highest BCUT2D eigenvalue weighted by atomic mass is 19.4. The Balaban J connectivity index is 1.64. The van der Waals surface area contributed by atoms with Crippen LogP contribution in [0.3, 0.4) is 0 Å². The predicted molar refractivity (Wildman–Crippen MR) is 102 cm³/mol. The molecule has 0 aliphatic carbocycles. The zero-order valence-electron chi connectivity index (χ0n) is 15.8. The van der Waals surface area contributed by atoms with Crippen molar-refractivity contribution in [2.75, 3.05) is 30.4 Å². The lowest BCUT2D eigenvalue weighted by Gasteiger charge is -2.34. The van der Waals surface area contributed by atoms with Crippen LogP contribution >= 0.6 is 0 Å². The van der Waals surface area contributed by atoms with Crippen molar-refractivity contribution < 1.29 is 22.9 Å². The van der Waals surface area contributed by atoms with E-state index in [9.17, 15) is 18.0 Å². The molecule has 0 radical (unpaired) electrons. The van der Waals surface area contributed by atoms with E-state index in [1.807, 2.05) is 19.1 Å². The van der Waals surface area contributed by atoms with Gasteiger partial charge in [-0.25, -0.2) is 4.79 Å². The summed E-state index contributed by atoms with van der Waals surface area (Å²) in [7, 11) is 2.15. The zero-order chi connectivity index (χ0) is 20.1. The van der Waals surface area contributed by atoms with Crippen LogP contribution in [0.15, 0.2) is 42.5 Å². The lowest BCUT2D eigenvalue weighted by atomic mass is 9.89. The topological polar surface area (TPSA) is 36.8 Å². The number of nitrogens with zero attached hydrogens (tertiary/aromatic N) is 1. The molecule has 1 fully saturated rings. The summed E-state index contributed by atoms with van der Waals surface area (Å²) in [6, 6.07) is 10.5. The van der Waals surface area contributed by atoms with Gasteiger partial charge in [0.2, 0.25) is 0 Å². The second kappa shape index (κ2) is 6.81. The smallest absolute Gasteiger partial charge is 0.337 e. The molecule has 3 atom stereocenters. The fourth-order valence-corrected chi connectivity index (χ4v) is 4.42. The van der Waals surface area contributed by atoms with E-state index in [0.717, 1.165) is 48.5 Å². The Morgan fingerprint density at radius 3 is 2.75 bits per heavy atom. The number of likely N-dealkylation sites (N-methyl/N-ethyl adjacent to an activating group) is 1. The van der Waals surface area contributed by atoms with Gasteiger partial charge in [0.05, 0.1) is 37.7 Å². The van der Waals surface area contributed by atoms with Crippen LogP contribution in [0.1, 0.15) is 29.0 Å². The number of hydrogen-bond acceptors (Lipinski definition) is 1. The summed E-state index contributed by atoms with van der Waals surface area (Å²) >= 11 is 0. The van der Waals surface area contributed by atoms with E-state index in [1.165, 1.54) is 17.0 Å². The number of rotatable bonds is 1. The van der Waals surface area contributed by atoms with Gasteiger partial charge in [0, 0.05) is 17.8 Å². The summed E-state index contributed by atoms with van der Waals surface area (Å²) in [4.78, 5) is 16.3. The SMILES string of the molecule is Cc1ccc2c(c1)[C@@H]1C[NH+](C)CC[C@H]1N2C(=O)Nc1cccc(C(F)(F)F)c1. The number of fused-ring (bicyclic) bond motifs is 3. The molecule has 2 aromatic rings. The number of halogens is 3. The second-order valence-corrected chi connectivity index (χ2v) is 7.81. The van der Waals surface area contributed by atoms with Crippen LogP contribution in [0.2, 0.25) is 0 Å². The molecule has 1 saturated heterocycles. The minimum Gasteiger partial charge on any atom is -0.337 e. The maximum atomic E-state index is 13.1. The van der Waals surface area contributed by atoms with E-state index >= 15 is 0 Å². The first-order valence-electron chi connectivity index (χ1n) is 9.43. The number of alkyl halides is 3. The van der Waals surface area contributed by atoms with Gasteiger partial charge >= 0.3 is 12.2 Å². The summed E-state index contributed by atoms with van der Waals surface area (Å²) in [5.41, 5.74) is 2.53. The third-order valence-corrected chi connectivity index (χ3v) is 5.73. The molecule has 0 bridgehead atoms. The van der Waals surface area contributed by atoms with Crippen molar-refractivity contribution in [3.05, 3.63) is 59.2 Å². The summed E-state index contributed by atoms with van der Waals surface area (Å²) in [6.45, 7) is 3.93. The van der Waals surface area contributed by atoms with E-state index in [4.69, 9.17) is 0 Å². The first kappa shape index (κ1) is 18.8. The summed E-state index contributed by atoms with van der Waals surface area (Å²) in [6.07, 6.45) is -3.58. The highest BCUT2D eigenvalue weighted by molar-refractivity contribution is 6.04. The number of benzene rings is 2. The van der Waals surface area contributed by atoms with E-state index in [0.29, 0.717) is 0 Å². The van der Waals surface area contributed by atoms with Gasteiger partial charge in [-0.05, 0) is 36.8 Å². The molecule has 0 saturated carbocycles. The van der Waals surface area contributed by atoms with Crippen LogP contribution in [0.25, 0.3) is 0 Å². The van der Waals surface area contributed by atoms with Crippen molar-refractivity contribution in [3.63, 3.8) is 0 Å². The minimum atomic E-state index is -4.44. The Kier molecular flexibility index (Phi) is 4.57.